The van der Waals surface area contributed by atoms with Crippen molar-refractivity contribution in [3.63, 3.8) is 0 Å². The number of para-hydroxylation sites is 1. The number of aryl methyl sites for hydroxylation is 1. The lowest BCUT2D eigenvalue weighted by Crippen LogP contribution is -2.26. The number of carbonyl (C=O) groups is 2. The van der Waals surface area contributed by atoms with Crippen LogP contribution in [0, 0.1) is 6.92 Å². The lowest BCUT2D eigenvalue weighted by molar-refractivity contribution is -0.114. The minimum absolute atomic E-state index is 0.0520. The fraction of sp³-hybridized carbons (Fsp3) is 0.143. The summed E-state index contributed by atoms with van der Waals surface area (Å²) in [6.45, 7) is 2.32. The lowest BCUT2D eigenvalue weighted by atomic mass is 10.1. The fourth-order valence-corrected chi connectivity index (χ4v) is 2.61. The molecule has 3 N–H and O–H groups in total. The van der Waals surface area contributed by atoms with Crippen LogP contribution >= 0.6 is 0 Å². The van der Waals surface area contributed by atoms with E-state index in [0.29, 0.717) is 23.6 Å². The lowest BCUT2D eigenvalue weighted by Gasteiger charge is -2.12. The first kappa shape index (κ1) is 18.3. The number of anilines is 2. The van der Waals surface area contributed by atoms with Crippen LogP contribution in [0.15, 0.2) is 71.3 Å². The molecule has 0 aliphatic heterocycles. The molecule has 0 spiro atoms. The highest BCUT2D eigenvalue weighted by molar-refractivity contribution is 6.00. The van der Waals surface area contributed by atoms with E-state index in [1.165, 1.54) is 0 Å². The molecule has 6 nitrogen and oxygen atoms in total. The quantitative estimate of drug-likeness (QED) is 0.599. The maximum atomic E-state index is 12.4. The van der Waals surface area contributed by atoms with E-state index >= 15 is 0 Å². The Morgan fingerprint density at radius 2 is 1.85 bits per heavy atom. The standard InChI is InChI=1S/C21H21N3O3/c1-15-6-4-7-16(12-15)24-20(25)14-22-19-10-3-2-9-18(19)21(26)23-13-17-8-5-11-27-17/h2-12,22H,13-14H2,1H3,(H,23,26)(H,24,25). The minimum atomic E-state index is -0.242. The van der Waals surface area contributed by atoms with E-state index in [9.17, 15) is 9.59 Å². The highest BCUT2D eigenvalue weighted by Crippen LogP contribution is 2.15. The van der Waals surface area contributed by atoms with E-state index in [-0.39, 0.29) is 18.4 Å². The molecule has 0 unspecified atom stereocenters. The van der Waals surface area contributed by atoms with Crippen LogP contribution in [0.3, 0.4) is 0 Å². The Bertz CT molecular complexity index is 920. The monoisotopic (exact) mass is 363 g/mol. The number of hydrogen-bond acceptors (Lipinski definition) is 4. The second-order valence-electron chi connectivity index (χ2n) is 6.08. The SMILES string of the molecule is Cc1cccc(NC(=O)CNc2ccccc2C(=O)NCc2ccco2)c1. The summed E-state index contributed by atoms with van der Waals surface area (Å²) in [5.74, 6) is 0.242. The van der Waals surface area contributed by atoms with E-state index in [0.717, 1.165) is 11.3 Å². The molecule has 0 aliphatic rings. The first-order chi connectivity index (χ1) is 13.1. The van der Waals surface area contributed by atoms with Crippen LogP contribution in [0.4, 0.5) is 11.4 Å². The number of rotatable bonds is 7. The molecule has 27 heavy (non-hydrogen) atoms. The first-order valence-electron chi connectivity index (χ1n) is 8.62. The van der Waals surface area contributed by atoms with Crippen LogP contribution in [-0.4, -0.2) is 18.4 Å². The summed E-state index contributed by atoms with van der Waals surface area (Å²) in [5.41, 5.74) is 2.87. The molecule has 0 saturated heterocycles. The molecule has 0 atom stereocenters. The normalized spacial score (nSPS) is 10.3. The van der Waals surface area contributed by atoms with Gasteiger partial charge in [-0.05, 0) is 48.9 Å². The average Bonchev–Trinajstić information content (AvgIpc) is 3.18. The predicted octanol–water partition coefficient (Wildman–Crippen LogP) is 3.57. The Labute approximate surface area is 157 Å². The summed E-state index contributed by atoms with van der Waals surface area (Å²) < 4.78 is 5.21. The van der Waals surface area contributed by atoms with E-state index in [1.807, 2.05) is 37.3 Å². The van der Waals surface area contributed by atoms with Crippen molar-refractivity contribution in [2.45, 2.75) is 13.5 Å². The summed E-state index contributed by atoms with van der Waals surface area (Å²) in [5, 5.41) is 8.66. The van der Waals surface area contributed by atoms with Gasteiger partial charge in [-0.1, -0.05) is 24.3 Å². The molecule has 0 bridgehead atoms. The number of furan rings is 1. The predicted molar refractivity (Wildman–Crippen MR) is 105 cm³/mol. The molecule has 2 amide bonds. The van der Waals surface area contributed by atoms with Crippen molar-refractivity contribution in [2.24, 2.45) is 0 Å². The largest absolute Gasteiger partial charge is 0.467 e. The van der Waals surface area contributed by atoms with Gasteiger partial charge >= 0.3 is 0 Å². The topological polar surface area (TPSA) is 83.4 Å². The zero-order valence-electron chi connectivity index (χ0n) is 15.0. The molecular formula is C21H21N3O3. The van der Waals surface area contributed by atoms with Gasteiger partial charge in [0.15, 0.2) is 0 Å². The van der Waals surface area contributed by atoms with Crippen LogP contribution in [0.2, 0.25) is 0 Å². The summed E-state index contributed by atoms with van der Waals surface area (Å²) in [6.07, 6.45) is 1.56. The summed E-state index contributed by atoms with van der Waals surface area (Å²) >= 11 is 0. The summed E-state index contributed by atoms with van der Waals surface area (Å²) in [6, 6.07) is 18.2. The molecule has 0 saturated carbocycles. The van der Waals surface area contributed by atoms with Crippen molar-refractivity contribution < 1.29 is 14.0 Å². The van der Waals surface area contributed by atoms with Gasteiger partial charge in [-0.3, -0.25) is 9.59 Å². The summed E-state index contributed by atoms with van der Waals surface area (Å²) in [7, 11) is 0. The molecule has 0 aliphatic carbocycles. The van der Waals surface area contributed by atoms with Crippen molar-refractivity contribution in [1.29, 1.82) is 0 Å². The van der Waals surface area contributed by atoms with Crippen molar-refractivity contribution in [2.75, 3.05) is 17.2 Å². The molecule has 2 aromatic carbocycles. The van der Waals surface area contributed by atoms with Gasteiger partial charge < -0.3 is 20.4 Å². The van der Waals surface area contributed by atoms with Gasteiger partial charge in [-0.2, -0.15) is 0 Å². The Morgan fingerprint density at radius 3 is 2.63 bits per heavy atom. The third-order valence-electron chi connectivity index (χ3n) is 3.92. The molecule has 138 valence electrons. The number of nitrogens with one attached hydrogen (secondary N) is 3. The molecule has 1 heterocycles. The number of amides is 2. The van der Waals surface area contributed by atoms with Gasteiger partial charge in [0.05, 0.1) is 24.9 Å². The summed E-state index contributed by atoms with van der Waals surface area (Å²) in [4.78, 5) is 24.6. The number of hydrogen-bond donors (Lipinski definition) is 3. The Morgan fingerprint density at radius 1 is 1.00 bits per heavy atom. The molecule has 3 rings (SSSR count). The Hall–Kier alpha value is -3.54. The number of carbonyl (C=O) groups excluding carboxylic acids is 2. The van der Waals surface area contributed by atoms with Gasteiger partial charge in [-0.25, -0.2) is 0 Å². The molecule has 3 aromatic rings. The maximum absolute atomic E-state index is 12.4. The molecule has 6 heteroatoms. The highest BCUT2D eigenvalue weighted by Gasteiger charge is 2.12. The van der Waals surface area contributed by atoms with E-state index in [1.54, 1.807) is 36.6 Å². The van der Waals surface area contributed by atoms with Crippen molar-refractivity contribution in [3.8, 4) is 0 Å². The average molecular weight is 363 g/mol. The first-order valence-corrected chi connectivity index (χ1v) is 8.62. The van der Waals surface area contributed by atoms with Gasteiger partial charge in [0.2, 0.25) is 5.91 Å². The Balaban J connectivity index is 1.58. The number of benzene rings is 2. The second-order valence-corrected chi connectivity index (χ2v) is 6.08. The van der Waals surface area contributed by atoms with E-state index in [4.69, 9.17) is 4.42 Å². The van der Waals surface area contributed by atoms with E-state index < -0.39 is 0 Å². The smallest absolute Gasteiger partial charge is 0.253 e. The van der Waals surface area contributed by atoms with Gasteiger partial charge in [-0.15, -0.1) is 0 Å². The zero-order valence-corrected chi connectivity index (χ0v) is 15.0. The molecule has 0 radical (unpaired) electrons. The third-order valence-corrected chi connectivity index (χ3v) is 3.92. The van der Waals surface area contributed by atoms with Crippen molar-refractivity contribution in [1.82, 2.24) is 5.32 Å². The van der Waals surface area contributed by atoms with Crippen LogP contribution in [0.1, 0.15) is 21.7 Å². The van der Waals surface area contributed by atoms with Crippen LogP contribution in [0.5, 0.6) is 0 Å². The maximum Gasteiger partial charge on any atom is 0.253 e. The molecular weight excluding hydrogens is 342 g/mol. The van der Waals surface area contributed by atoms with Crippen LogP contribution < -0.4 is 16.0 Å². The van der Waals surface area contributed by atoms with Crippen LogP contribution in [0.25, 0.3) is 0 Å². The fourth-order valence-electron chi connectivity index (χ4n) is 2.61. The van der Waals surface area contributed by atoms with Crippen LogP contribution in [-0.2, 0) is 11.3 Å². The molecule has 0 fully saturated rings. The van der Waals surface area contributed by atoms with Crippen molar-refractivity contribution >= 4 is 23.2 Å². The second kappa shape index (κ2) is 8.71. The van der Waals surface area contributed by atoms with Gasteiger partial charge in [0.25, 0.3) is 5.91 Å². The Kier molecular flexibility index (Phi) is 5.89. The van der Waals surface area contributed by atoms with Gasteiger partial charge in [0.1, 0.15) is 5.76 Å². The molecule has 1 aromatic heterocycles. The minimum Gasteiger partial charge on any atom is -0.467 e. The van der Waals surface area contributed by atoms with E-state index in [2.05, 4.69) is 16.0 Å². The zero-order chi connectivity index (χ0) is 19.1. The van der Waals surface area contributed by atoms with Gasteiger partial charge in [0, 0.05) is 11.4 Å². The third kappa shape index (κ3) is 5.22. The highest BCUT2D eigenvalue weighted by atomic mass is 16.3. The van der Waals surface area contributed by atoms with Crippen molar-refractivity contribution in [3.05, 3.63) is 83.8 Å².